The molecule has 0 aromatic carbocycles. The average molecular weight is 400 g/mol. The van der Waals surface area contributed by atoms with Crippen LogP contribution in [0.5, 0.6) is 0 Å². The van der Waals surface area contributed by atoms with Gasteiger partial charge in [-0.25, -0.2) is 0 Å². The minimum Gasteiger partial charge on any atom is -0.461 e. The number of carbonyl (C=O) groups excluding carboxylic acids is 3. The fraction of sp³-hybridized carbons (Fsp3) is 0.682. The van der Waals surface area contributed by atoms with Gasteiger partial charge in [0, 0.05) is 11.8 Å². The highest BCUT2D eigenvalue weighted by Crippen LogP contribution is 2.79. The molecule has 1 spiro atoms. The van der Waals surface area contributed by atoms with E-state index >= 15 is 0 Å². The van der Waals surface area contributed by atoms with Gasteiger partial charge in [0.15, 0.2) is 5.60 Å². The second-order valence-corrected chi connectivity index (χ2v) is 9.99. The van der Waals surface area contributed by atoms with Crippen LogP contribution in [0.25, 0.3) is 0 Å². The third-order valence-electron chi connectivity index (χ3n) is 8.97. The Morgan fingerprint density at radius 1 is 1.41 bits per heavy atom. The molecule has 9 atom stereocenters. The van der Waals surface area contributed by atoms with Gasteiger partial charge in [0.1, 0.15) is 24.2 Å². The van der Waals surface area contributed by atoms with Crippen LogP contribution >= 0.6 is 0 Å². The molecule has 2 saturated heterocycles. The zero-order valence-corrected chi connectivity index (χ0v) is 16.3. The lowest BCUT2D eigenvalue weighted by molar-refractivity contribution is -0.171. The summed E-state index contributed by atoms with van der Waals surface area (Å²) >= 11 is 0. The summed E-state index contributed by atoms with van der Waals surface area (Å²) in [5, 5.41) is 11.2. The predicted octanol–water partition coefficient (Wildman–Crippen LogP) is 1.09. The van der Waals surface area contributed by atoms with Gasteiger partial charge in [-0.15, -0.1) is 0 Å². The third kappa shape index (κ3) is 1.63. The van der Waals surface area contributed by atoms with E-state index in [0.29, 0.717) is 31.3 Å². The van der Waals surface area contributed by atoms with E-state index in [-0.39, 0.29) is 18.3 Å². The molecule has 29 heavy (non-hydrogen) atoms. The van der Waals surface area contributed by atoms with Gasteiger partial charge < -0.3 is 19.3 Å². The topological polar surface area (TPSA) is 102 Å². The molecule has 6 aliphatic rings. The Labute approximate surface area is 168 Å². The van der Waals surface area contributed by atoms with E-state index in [0.717, 1.165) is 0 Å². The van der Waals surface area contributed by atoms with E-state index in [9.17, 15) is 19.5 Å². The number of aliphatic hydroxyl groups is 1. The first-order valence-electron chi connectivity index (χ1n) is 10.3. The van der Waals surface area contributed by atoms with Crippen molar-refractivity contribution < 1.29 is 33.7 Å². The zero-order chi connectivity index (χ0) is 20.6. The fourth-order valence-corrected chi connectivity index (χ4v) is 7.93. The Bertz CT molecular complexity index is 924. The first-order chi connectivity index (χ1) is 13.7. The van der Waals surface area contributed by atoms with Crippen molar-refractivity contribution in [1.82, 2.24) is 0 Å². The Kier molecular flexibility index (Phi) is 2.97. The van der Waals surface area contributed by atoms with Crippen LogP contribution in [0.3, 0.4) is 0 Å². The summed E-state index contributed by atoms with van der Waals surface area (Å²) in [5.74, 6) is -2.91. The van der Waals surface area contributed by atoms with Crippen LogP contribution in [0.2, 0.25) is 0 Å². The van der Waals surface area contributed by atoms with Crippen LogP contribution in [-0.2, 0) is 28.6 Å². The molecule has 4 saturated carbocycles. The largest absolute Gasteiger partial charge is 0.461 e. The summed E-state index contributed by atoms with van der Waals surface area (Å²) < 4.78 is 17.1. The van der Waals surface area contributed by atoms with Crippen molar-refractivity contribution in [3.8, 4) is 0 Å². The quantitative estimate of drug-likeness (QED) is 0.430. The van der Waals surface area contributed by atoms with E-state index in [1.165, 1.54) is 6.08 Å². The van der Waals surface area contributed by atoms with Crippen molar-refractivity contribution >= 4 is 17.7 Å². The lowest BCUT2D eigenvalue weighted by atomic mass is 9.60. The maximum Gasteiger partial charge on any atom is 0.316 e. The molecular formula is C22H24O7. The molecular weight excluding hydrogens is 376 g/mol. The summed E-state index contributed by atoms with van der Waals surface area (Å²) in [6.07, 6.45) is 1.99. The van der Waals surface area contributed by atoms with Gasteiger partial charge in [-0.3, -0.25) is 14.4 Å². The summed E-state index contributed by atoms with van der Waals surface area (Å²) in [6, 6.07) is 0. The number of rotatable bonds is 3. The van der Waals surface area contributed by atoms with E-state index in [1.54, 1.807) is 6.92 Å². The lowest BCUT2D eigenvalue weighted by Crippen LogP contribution is -2.57. The minimum absolute atomic E-state index is 0.0447. The van der Waals surface area contributed by atoms with Gasteiger partial charge in [-0.1, -0.05) is 19.2 Å². The zero-order valence-electron chi connectivity index (χ0n) is 16.3. The van der Waals surface area contributed by atoms with Crippen molar-refractivity contribution in [3.63, 3.8) is 0 Å². The number of hydrogen-bond donors (Lipinski definition) is 1. The fourth-order valence-electron chi connectivity index (χ4n) is 7.93. The maximum atomic E-state index is 13.5. The van der Waals surface area contributed by atoms with Crippen LogP contribution in [0.15, 0.2) is 24.8 Å². The average Bonchev–Trinajstić information content (AvgIpc) is 3.36. The lowest BCUT2D eigenvalue weighted by Gasteiger charge is -2.44. The molecule has 2 heterocycles. The highest BCUT2D eigenvalue weighted by molar-refractivity contribution is 6.05. The smallest absolute Gasteiger partial charge is 0.316 e. The Morgan fingerprint density at radius 3 is 2.90 bits per heavy atom. The van der Waals surface area contributed by atoms with E-state index in [1.807, 2.05) is 0 Å². The first-order valence-corrected chi connectivity index (χ1v) is 10.3. The molecule has 4 aliphatic carbocycles. The van der Waals surface area contributed by atoms with Gasteiger partial charge in [0.2, 0.25) is 5.78 Å². The molecule has 0 amide bonds. The highest BCUT2D eigenvalue weighted by Gasteiger charge is 2.91. The number of hydrogen-bond acceptors (Lipinski definition) is 7. The number of esters is 2. The van der Waals surface area contributed by atoms with Gasteiger partial charge >= 0.3 is 11.9 Å². The normalized spacial score (nSPS) is 55.7. The van der Waals surface area contributed by atoms with Crippen molar-refractivity contribution in [2.45, 2.75) is 56.0 Å². The van der Waals surface area contributed by atoms with Gasteiger partial charge in [0.05, 0.1) is 11.5 Å². The molecule has 1 N–H and O–H groups in total. The number of epoxide rings is 1. The molecule has 0 unspecified atom stereocenters. The molecule has 0 aromatic rings. The van der Waals surface area contributed by atoms with Crippen LogP contribution in [0.4, 0.5) is 0 Å². The monoisotopic (exact) mass is 400 g/mol. The van der Waals surface area contributed by atoms with Crippen LogP contribution in [-0.4, -0.2) is 52.8 Å². The van der Waals surface area contributed by atoms with E-state index in [4.69, 9.17) is 14.2 Å². The van der Waals surface area contributed by atoms with Gasteiger partial charge in [-0.2, -0.15) is 0 Å². The van der Waals surface area contributed by atoms with Crippen molar-refractivity contribution in [2.24, 2.45) is 28.6 Å². The Hall–Kier alpha value is -1.99. The highest BCUT2D eigenvalue weighted by atomic mass is 16.6. The maximum absolute atomic E-state index is 13.5. The van der Waals surface area contributed by atoms with E-state index < -0.39 is 58.0 Å². The van der Waals surface area contributed by atoms with E-state index in [2.05, 4.69) is 13.2 Å². The molecule has 0 aromatic heterocycles. The summed E-state index contributed by atoms with van der Waals surface area (Å²) in [6.45, 7) is 9.51. The molecule has 0 radical (unpaired) electrons. The number of ketones is 1. The molecule has 6 rings (SSSR count). The molecule has 7 nitrogen and oxygen atoms in total. The van der Waals surface area contributed by atoms with Crippen LogP contribution in [0, 0.1) is 28.6 Å². The number of fused-ring (bicyclic) bond motifs is 3. The van der Waals surface area contributed by atoms with Gasteiger partial charge in [-0.05, 0) is 43.6 Å². The van der Waals surface area contributed by atoms with Crippen molar-refractivity contribution in [3.05, 3.63) is 24.8 Å². The second-order valence-electron chi connectivity index (χ2n) is 9.99. The number of carbonyl (C=O) groups is 3. The molecule has 154 valence electrons. The summed E-state index contributed by atoms with van der Waals surface area (Å²) in [7, 11) is 0. The first kappa shape index (κ1) is 17.8. The van der Waals surface area contributed by atoms with Crippen molar-refractivity contribution in [2.75, 3.05) is 6.61 Å². The van der Waals surface area contributed by atoms with Crippen LogP contribution in [0.1, 0.15) is 32.6 Å². The molecule has 4 bridgehead atoms. The molecule has 2 aliphatic heterocycles. The summed E-state index contributed by atoms with van der Waals surface area (Å²) in [4.78, 5) is 40.0. The SMILES string of the molecule is C=CCOC(=O)[C@H]1[C@@H]2[C@@]3(C)C(=O)O[C@]2(C(=O)[C@@H]2O[C@@H]23)[C@@H]2CC[C@]3(O)C[C@@]21CC3=C. The Morgan fingerprint density at radius 2 is 2.17 bits per heavy atom. The molecule has 6 fully saturated rings. The number of Topliss-reactive ketones (excluding diaryl/α,β-unsaturated/α-hetero) is 1. The number of ether oxygens (including phenoxy) is 3. The standard InChI is InChI=1S/C22H24O7/c1-4-7-27-17(24)12-14-19(3)16-13(28-16)15(23)22(14,29-18(19)25)11-5-6-21(26)9-20(11,12)8-10(21)2/h4,11-14,16,26H,1-2,5-9H2,3H3/t11-,12-,13+,14-,16+,19-,20+,21+,22-/m1/s1. The molecule has 7 heteroatoms. The Balaban J connectivity index is 1.59. The summed E-state index contributed by atoms with van der Waals surface area (Å²) in [5.41, 5.74) is -3.53. The predicted molar refractivity (Wildman–Crippen MR) is 97.2 cm³/mol. The minimum atomic E-state index is -1.38. The van der Waals surface area contributed by atoms with Crippen LogP contribution < -0.4 is 0 Å². The third-order valence-corrected chi connectivity index (χ3v) is 8.97. The van der Waals surface area contributed by atoms with Gasteiger partial charge in [0.25, 0.3) is 0 Å². The second kappa shape index (κ2) is 4.83. The van der Waals surface area contributed by atoms with Crippen molar-refractivity contribution in [1.29, 1.82) is 0 Å².